The molecule has 1 aliphatic heterocycles. The van der Waals surface area contributed by atoms with E-state index in [0.717, 1.165) is 24.0 Å². The number of hydrogen-bond acceptors (Lipinski definition) is 5. The first-order valence-corrected chi connectivity index (χ1v) is 12.3. The molecule has 1 saturated heterocycles. The lowest BCUT2D eigenvalue weighted by Crippen LogP contribution is -2.29. The van der Waals surface area contributed by atoms with Gasteiger partial charge in [0.15, 0.2) is 0 Å². The van der Waals surface area contributed by atoms with E-state index in [-0.39, 0.29) is 11.3 Å². The van der Waals surface area contributed by atoms with Crippen LogP contribution in [0, 0.1) is 0 Å². The van der Waals surface area contributed by atoms with E-state index in [9.17, 15) is 14.7 Å². The molecule has 0 bridgehead atoms. The second kappa shape index (κ2) is 11.1. The van der Waals surface area contributed by atoms with Crippen LogP contribution in [-0.2, 0) is 16.0 Å². The van der Waals surface area contributed by atoms with Crippen LogP contribution in [0.15, 0.2) is 78.4 Å². The van der Waals surface area contributed by atoms with Crippen LogP contribution in [0.2, 0.25) is 0 Å². The predicted octanol–water partition coefficient (Wildman–Crippen LogP) is 6.06. The lowest BCUT2D eigenvalue weighted by molar-refractivity contribution is -0.132. The van der Waals surface area contributed by atoms with Crippen LogP contribution in [0.4, 0.5) is 5.69 Å². The van der Waals surface area contributed by atoms with Crippen LogP contribution in [0.1, 0.15) is 49.9 Å². The molecule has 0 aromatic heterocycles. The molecule has 1 amide bonds. The molecule has 6 nitrogen and oxygen atoms in total. The average Bonchev–Trinajstić information content (AvgIpc) is 3.18. The van der Waals surface area contributed by atoms with Crippen LogP contribution in [0.5, 0.6) is 11.5 Å². The maximum absolute atomic E-state index is 13.4. The number of carbonyl (C=O) groups is 2. The molecule has 36 heavy (non-hydrogen) atoms. The molecule has 0 aliphatic carbocycles. The molecule has 186 valence electrons. The number of ether oxygens (including phenoxy) is 2. The number of aliphatic hydroxyl groups excluding tert-OH is 1. The van der Waals surface area contributed by atoms with Gasteiger partial charge in [-0.2, -0.15) is 0 Å². The zero-order chi connectivity index (χ0) is 25.7. The van der Waals surface area contributed by atoms with Crippen LogP contribution < -0.4 is 14.4 Å². The molecule has 0 radical (unpaired) electrons. The molecular formula is C30H31NO5. The SMILES string of the molecule is CCCOc1cccc(N2C(=O)C(=O)/C(=C(/O)c3ccc(OCC)cc3)C2c2ccc(CC)cc2)c1. The summed E-state index contributed by atoms with van der Waals surface area (Å²) in [6.07, 6.45) is 1.71. The highest BCUT2D eigenvalue weighted by molar-refractivity contribution is 6.51. The molecular weight excluding hydrogens is 454 g/mol. The summed E-state index contributed by atoms with van der Waals surface area (Å²) < 4.78 is 11.3. The molecule has 0 saturated carbocycles. The van der Waals surface area contributed by atoms with Gasteiger partial charge >= 0.3 is 0 Å². The van der Waals surface area contributed by atoms with E-state index in [1.807, 2.05) is 44.2 Å². The van der Waals surface area contributed by atoms with E-state index in [4.69, 9.17) is 9.47 Å². The van der Waals surface area contributed by atoms with Gasteiger partial charge in [-0.15, -0.1) is 0 Å². The van der Waals surface area contributed by atoms with E-state index in [1.54, 1.807) is 42.5 Å². The molecule has 1 atom stereocenters. The van der Waals surface area contributed by atoms with Crippen molar-refractivity contribution in [2.24, 2.45) is 0 Å². The lowest BCUT2D eigenvalue weighted by Gasteiger charge is -2.26. The summed E-state index contributed by atoms with van der Waals surface area (Å²) in [5, 5.41) is 11.3. The van der Waals surface area contributed by atoms with Crippen LogP contribution in [-0.4, -0.2) is 30.0 Å². The standard InChI is InChI=1S/C30H31NO5/c1-4-18-36-25-9-7-8-23(19-25)31-27(21-12-10-20(5-2)11-13-21)26(29(33)30(31)34)28(32)22-14-16-24(17-15-22)35-6-3/h7-17,19,27,32H,4-6,18H2,1-3H3/b28-26+. The van der Waals surface area contributed by atoms with E-state index in [2.05, 4.69) is 6.92 Å². The van der Waals surface area contributed by atoms with E-state index in [1.165, 1.54) is 4.90 Å². The van der Waals surface area contributed by atoms with Crippen molar-refractivity contribution in [3.63, 3.8) is 0 Å². The zero-order valence-corrected chi connectivity index (χ0v) is 20.9. The van der Waals surface area contributed by atoms with Crippen molar-refractivity contribution in [2.75, 3.05) is 18.1 Å². The van der Waals surface area contributed by atoms with E-state index in [0.29, 0.717) is 36.0 Å². The van der Waals surface area contributed by atoms with E-state index < -0.39 is 17.7 Å². The number of benzene rings is 3. The van der Waals surface area contributed by atoms with Crippen molar-refractivity contribution in [3.05, 3.63) is 95.1 Å². The number of nitrogens with zero attached hydrogens (tertiary/aromatic N) is 1. The summed E-state index contributed by atoms with van der Waals surface area (Å²) in [4.78, 5) is 28.2. The van der Waals surface area contributed by atoms with Crippen LogP contribution in [0.25, 0.3) is 5.76 Å². The summed E-state index contributed by atoms with van der Waals surface area (Å²) in [6, 6.07) is 21.0. The van der Waals surface area contributed by atoms with E-state index >= 15 is 0 Å². The fraction of sp³-hybridized carbons (Fsp3) is 0.267. The summed E-state index contributed by atoms with van der Waals surface area (Å²) in [7, 11) is 0. The fourth-order valence-electron chi connectivity index (χ4n) is 4.32. The Morgan fingerprint density at radius 2 is 1.61 bits per heavy atom. The summed E-state index contributed by atoms with van der Waals surface area (Å²) in [5.41, 5.74) is 2.89. The number of anilines is 1. The summed E-state index contributed by atoms with van der Waals surface area (Å²) >= 11 is 0. The highest BCUT2D eigenvalue weighted by Crippen LogP contribution is 2.43. The van der Waals surface area contributed by atoms with Gasteiger partial charge in [0.25, 0.3) is 11.7 Å². The third-order valence-corrected chi connectivity index (χ3v) is 6.16. The Labute approximate surface area is 211 Å². The van der Waals surface area contributed by atoms with Crippen LogP contribution >= 0.6 is 0 Å². The van der Waals surface area contributed by atoms with Crippen LogP contribution in [0.3, 0.4) is 0 Å². The second-order valence-corrected chi connectivity index (χ2v) is 8.57. The Balaban J connectivity index is 1.85. The highest BCUT2D eigenvalue weighted by atomic mass is 16.5. The fourth-order valence-corrected chi connectivity index (χ4v) is 4.32. The van der Waals surface area contributed by atoms with Gasteiger partial charge in [-0.3, -0.25) is 14.5 Å². The Kier molecular flexibility index (Phi) is 7.74. The normalized spacial score (nSPS) is 16.9. The number of ketones is 1. The maximum atomic E-state index is 13.4. The molecule has 1 fully saturated rings. The maximum Gasteiger partial charge on any atom is 0.300 e. The largest absolute Gasteiger partial charge is 0.507 e. The molecule has 1 aliphatic rings. The number of Topliss-reactive ketones (excluding diaryl/α,β-unsaturated/α-hetero) is 1. The quantitative estimate of drug-likeness (QED) is 0.226. The Bertz CT molecular complexity index is 1260. The molecule has 1 N–H and O–H groups in total. The summed E-state index contributed by atoms with van der Waals surface area (Å²) in [6.45, 7) is 7.03. The van der Waals surface area contributed by atoms with Gasteiger partial charge in [-0.1, -0.05) is 44.2 Å². The highest BCUT2D eigenvalue weighted by Gasteiger charge is 2.47. The molecule has 1 heterocycles. The number of carbonyl (C=O) groups excluding carboxylic acids is 2. The molecule has 3 aromatic carbocycles. The van der Waals surface area contributed by atoms with Crippen molar-refractivity contribution >= 4 is 23.1 Å². The van der Waals surface area contributed by atoms with Crippen molar-refractivity contribution in [1.29, 1.82) is 0 Å². The minimum Gasteiger partial charge on any atom is -0.507 e. The Hall–Kier alpha value is -4.06. The van der Waals surface area contributed by atoms with Gasteiger partial charge in [0.2, 0.25) is 0 Å². The first-order valence-electron chi connectivity index (χ1n) is 12.3. The van der Waals surface area contributed by atoms with Gasteiger partial charge in [0.1, 0.15) is 17.3 Å². The van der Waals surface area contributed by atoms with Crippen molar-refractivity contribution < 1.29 is 24.2 Å². The second-order valence-electron chi connectivity index (χ2n) is 8.57. The lowest BCUT2D eigenvalue weighted by atomic mass is 9.94. The summed E-state index contributed by atoms with van der Waals surface area (Å²) in [5.74, 6) is -0.375. The minimum atomic E-state index is -0.788. The number of amides is 1. The van der Waals surface area contributed by atoms with Gasteiger partial charge in [0.05, 0.1) is 24.8 Å². The topological polar surface area (TPSA) is 76.1 Å². The van der Waals surface area contributed by atoms with Gasteiger partial charge in [0, 0.05) is 17.3 Å². The minimum absolute atomic E-state index is 0.0493. The number of hydrogen-bond donors (Lipinski definition) is 1. The van der Waals surface area contributed by atoms with Gasteiger partial charge in [-0.05, 0) is 67.3 Å². The first-order chi connectivity index (χ1) is 17.5. The zero-order valence-electron chi connectivity index (χ0n) is 20.9. The molecule has 6 heteroatoms. The molecule has 4 rings (SSSR count). The number of rotatable bonds is 9. The third kappa shape index (κ3) is 4.98. The molecule has 1 unspecified atom stereocenters. The number of aryl methyl sites for hydroxylation is 1. The third-order valence-electron chi connectivity index (χ3n) is 6.16. The Morgan fingerprint density at radius 3 is 2.25 bits per heavy atom. The monoisotopic (exact) mass is 485 g/mol. The predicted molar refractivity (Wildman–Crippen MR) is 140 cm³/mol. The van der Waals surface area contributed by atoms with Gasteiger partial charge < -0.3 is 14.6 Å². The number of aliphatic hydroxyl groups is 1. The molecule has 3 aromatic rings. The Morgan fingerprint density at radius 1 is 0.889 bits per heavy atom. The van der Waals surface area contributed by atoms with Crippen molar-refractivity contribution in [2.45, 2.75) is 39.7 Å². The van der Waals surface area contributed by atoms with Crippen molar-refractivity contribution in [3.8, 4) is 11.5 Å². The van der Waals surface area contributed by atoms with Gasteiger partial charge in [-0.25, -0.2) is 0 Å². The molecule has 0 spiro atoms. The average molecular weight is 486 g/mol. The smallest absolute Gasteiger partial charge is 0.300 e. The van der Waals surface area contributed by atoms with Crippen molar-refractivity contribution in [1.82, 2.24) is 0 Å². The first kappa shape index (κ1) is 25.0.